The van der Waals surface area contributed by atoms with Gasteiger partial charge in [0.1, 0.15) is 11.5 Å². The average Bonchev–Trinajstić information content (AvgIpc) is 2.55. The molecule has 0 aliphatic rings. The highest BCUT2D eigenvalue weighted by molar-refractivity contribution is 6.14. The second-order valence-electron chi connectivity index (χ2n) is 5.64. The number of Topliss-reactive ketones (excluding diaryl/α,β-unsaturated/α-hetero) is 2. The number of hydrogen-bond donors (Lipinski definition) is 0. The van der Waals surface area contributed by atoms with Crippen LogP contribution in [-0.2, 0) is 0 Å². The minimum atomic E-state index is -0.244. The first-order valence-corrected chi connectivity index (χ1v) is 8.06. The van der Waals surface area contributed by atoms with E-state index in [0.717, 1.165) is 0 Å². The number of carbonyl (C=O) groups is 2. The van der Waals surface area contributed by atoms with Gasteiger partial charge in [-0.25, -0.2) is 0 Å². The van der Waals surface area contributed by atoms with Crippen molar-refractivity contribution in [2.45, 2.75) is 33.3 Å². The Morgan fingerprint density at radius 1 is 0.958 bits per heavy atom. The summed E-state index contributed by atoms with van der Waals surface area (Å²) in [6, 6.07) is 13.8. The summed E-state index contributed by atoms with van der Waals surface area (Å²) in [6.07, 6.45) is -0.114. The van der Waals surface area contributed by atoms with Crippen molar-refractivity contribution < 1.29 is 19.1 Å². The van der Waals surface area contributed by atoms with E-state index in [2.05, 4.69) is 0 Å². The maximum atomic E-state index is 12.4. The molecule has 0 aliphatic heterocycles. The summed E-state index contributed by atoms with van der Waals surface area (Å²) in [5.41, 5.74) is 0.931. The van der Waals surface area contributed by atoms with Crippen molar-refractivity contribution in [2.75, 3.05) is 6.61 Å². The smallest absolute Gasteiger partial charge is 0.174 e. The SMILES string of the molecule is CCOc1ccccc1C(=O)CC(=O)c1ccc(OC(C)C)cc1. The average molecular weight is 326 g/mol. The molecule has 2 aromatic rings. The Labute approximate surface area is 142 Å². The number of benzene rings is 2. The summed E-state index contributed by atoms with van der Waals surface area (Å²) < 4.78 is 11.0. The van der Waals surface area contributed by atoms with Gasteiger partial charge in [-0.1, -0.05) is 12.1 Å². The zero-order chi connectivity index (χ0) is 17.5. The molecule has 2 aromatic carbocycles. The van der Waals surface area contributed by atoms with Crippen molar-refractivity contribution >= 4 is 11.6 Å². The number of para-hydroxylation sites is 1. The molecule has 4 nitrogen and oxygen atoms in total. The fourth-order valence-corrected chi connectivity index (χ4v) is 2.31. The normalized spacial score (nSPS) is 10.5. The summed E-state index contributed by atoms with van der Waals surface area (Å²) in [5, 5.41) is 0. The summed E-state index contributed by atoms with van der Waals surface area (Å²) in [4.78, 5) is 24.7. The lowest BCUT2D eigenvalue weighted by molar-refractivity contribution is 0.0892. The lowest BCUT2D eigenvalue weighted by Crippen LogP contribution is -2.10. The molecule has 0 N–H and O–H groups in total. The molecule has 0 aromatic heterocycles. The summed E-state index contributed by atoms with van der Waals surface area (Å²) in [5.74, 6) is 0.752. The molecule has 0 fully saturated rings. The highest BCUT2D eigenvalue weighted by Crippen LogP contribution is 2.21. The number of ketones is 2. The molecule has 0 unspecified atom stereocenters. The van der Waals surface area contributed by atoms with Crippen LogP contribution < -0.4 is 9.47 Å². The maximum absolute atomic E-state index is 12.4. The van der Waals surface area contributed by atoms with E-state index in [-0.39, 0.29) is 24.1 Å². The van der Waals surface area contributed by atoms with Gasteiger partial charge in [0.05, 0.1) is 24.7 Å². The maximum Gasteiger partial charge on any atom is 0.174 e. The van der Waals surface area contributed by atoms with Gasteiger partial charge < -0.3 is 9.47 Å². The molecule has 0 radical (unpaired) electrons. The Balaban J connectivity index is 2.08. The molecule has 0 heterocycles. The van der Waals surface area contributed by atoms with Gasteiger partial charge in [-0.2, -0.15) is 0 Å². The fourth-order valence-electron chi connectivity index (χ4n) is 2.31. The number of hydrogen-bond acceptors (Lipinski definition) is 4. The van der Waals surface area contributed by atoms with E-state index in [1.165, 1.54) is 0 Å². The van der Waals surface area contributed by atoms with Crippen molar-refractivity contribution in [1.82, 2.24) is 0 Å². The zero-order valence-electron chi connectivity index (χ0n) is 14.2. The van der Waals surface area contributed by atoms with E-state index in [1.54, 1.807) is 48.5 Å². The molecule has 0 amide bonds. The van der Waals surface area contributed by atoms with Gasteiger partial charge in [-0.05, 0) is 57.2 Å². The van der Waals surface area contributed by atoms with Crippen molar-refractivity contribution in [3.8, 4) is 11.5 Å². The third kappa shape index (κ3) is 4.69. The largest absolute Gasteiger partial charge is 0.493 e. The summed E-state index contributed by atoms with van der Waals surface area (Å²) in [7, 11) is 0. The minimum absolute atomic E-state index is 0.0724. The van der Waals surface area contributed by atoms with Gasteiger partial charge in [-0.3, -0.25) is 9.59 Å². The van der Waals surface area contributed by atoms with Crippen LogP contribution in [0, 0.1) is 0 Å². The topological polar surface area (TPSA) is 52.6 Å². The van der Waals surface area contributed by atoms with Crippen LogP contribution in [0.25, 0.3) is 0 Å². The first-order chi connectivity index (χ1) is 11.5. The van der Waals surface area contributed by atoms with Crippen molar-refractivity contribution in [3.63, 3.8) is 0 Å². The van der Waals surface area contributed by atoms with Crippen LogP contribution >= 0.6 is 0 Å². The second-order valence-corrected chi connectivity index (χ2v) is 5.64. The molecule has 0 aliphatic carbocycles. The molecule has 24 heavy (non-hydrogen) atoms. The third-order valence-electron chi connectivity index (χ3n) is 3.36. The second kappa shape index (κ2) is 8.29. The molecule has 0 saturated heterocycles. The first kappa shape index (κ1) is 17.7. The Morgan fingerprint density at radius 2 is 1.62 bits per heavy atom. The molecule has 0 saturated carbocycles. The van der Waals surface area contributed by atoms with Gasteiger partial charge in [-0.15, -0.1) is 0 Å². The lowest BCUT2D eigenvalue weighted by Gasteiger charge is -2.10. The van der Waals surface area contributed by atoms with Crippen LogP contribution in [0.1, 0.15) is 47.9 Å². The van der Waals surface area contributed by atoms with Gasteiger partial charge in [0, 0.05) is 5.56 Å². The molecule has 4 heteroatoms. The highest BCUT2D eigenvalue weighted by atomic mass is 16.5. The first-order valence-electron chi connectivity index (χ1n) is 8.06. The number of ether oxygens (including phenoxy) is 2. The van der Waals surface area contributed by atoms with Crippen LogP contribution in [-0.4, -0.2) is 24.3 Å². The Bertz CT molecular complexity index is 702. The van der Waals surface area contributed by atoms with Gasteiger partial charge in [0.2, 0.25) is 0 Å². The highest BCUT2D eigenvalue weighted by Gasteiger charge is 2.17. The summed E-state index contributed by atoms with van der Waals surface area (Å²) in [6.45, 7) is 6.20. The Kier molecular flexibility index (Phi) is 6.13. The van der Waals surface area contributed by atoms with E-state index in [9.17, 15) is 9.59 Å². The molecule has 0 atom stereocenters. The van der Waals surface area contributed by atoms with Crippen molar-refractivity contribution in [1.29, 1.82) is 0 Å². The molecule has 2 rings (SSSR count). The molecular formula is C20H22O4. The van der Waals surface area contributed by atoms with Crippen molar-refractivity contribution in [3.05, 3.63) is 59.7 Å². The van der Waals surface area contributed by atoms with Crippen LogP contribution in [0.3, 0.4) is 0 Å². The Morgan fingerprint density at radius 3 is 2.25 bits per heavy atom. The van der Waals surface area contributed by atoms with E-state index in [0.29, 0.717) is 29.2 Å². The molecular weight excluding hydrogens is 304 g/mol. The minimum Gasteiger partial charge on any atom is -0.493 e. The molecule has 0 spiro atoms. The van der Waals surface area contributed by atoms with Gasteiger partial charge >= 0.3 is 0 Å². The number of rotatable bonds is 8. The van der Waals surface area contributed by atoms with Crippen LogP contribution in [0.2, 0.25) is 0 Å². The fraction of sp³-hybridized carbons (Fsp3) is 0.300. The predicted molar refractivity (Wildman–Crippen MR) is 93.1 cm³/mol. The van der Waals surface area contributed by atoms with E-state index >= 15 is 0 Å². The van der Waals surface area contributed by atoms with Crippen molar-refractivity contribution in [2.24, 2.45) is 0 Å². The quantitative estimate of drug-likeness (QED) is 0.535. The Hall–Kier alpha value is -2.62. The van der Waals surface area contributed by atoms with Crippen LogP contribution in [0.4, 0.5) is 0 Å². The number of carbonyl (C=O) groups excluding carboxylic acids is 2. The zero-order valence-corrected chi connectivity index (χ0v) is 14.2. The van der Waals surface area contributed by atoms with Crippen LogP contribution in [0.15, 0.2) is 48.5 Å². The monoisotopic (exact) mass is 326 g/mol. The predicted octanol–water partition coefficient (Wildman–Crippen LogP) is 4.33. The lowest BCUT2D eigenvalue weighted by atomic mass is 10.0. The van der Waals surface area contributed by atoms with E-state index in [4.69, 9.17) is 9.47 Å². The van der Waals surface area contributed by atoms with Gasteiger partial charge in [0.25, 0.3) is 0 Å². The van der Waals surface area contributed by atoms with Gasteiger partial charge in [0.15, 0.2) is 11.6 Å². The standard InChI is InChI=1S/C20H22O4/c1-4-23-20-8-6-5-7-17(20)19(22)13-18(21)15-9-11-16(12-10-15)24-14(2)3/h5-12,14H,4,13H2,1-3H3. The van der Waals surface area contributed by atoms with E-state index < -0.39 is 0 Å². The van der Waals surface area contributed by atoms with Crippen LogP contribution in [0.5, 0.6) is 11.5 Å². The molecule has 0 bridgehead atoms. The third-order valence-corrected chi connectivity index (χ3v) is 3.36. The van der Waals surface area contributed by atoms with E-state index in [1.807, 2.05) is 20.8 Å². The molecule has 126 valence electrons. The summed E-state index contributed by atoms with van der Waals surface area (Å²) >= 11 is 0.